The molecule has 1 aliphatic carbocycles. The van der Waals surface area contributed by atoms with E-state index in [1.54, 1.807) is 0 Å². The molecule has 1 aromatic rings. The van der Waals surface area contributed by atoms with Crippen molar-refractivity contribution in [1.82, 2.24) is 20.5 Å². The zero-order valence-corrected chi connectivity index (χ0v) is 11.7. The van der Waals surface area contributed by atoms with Gasteiger partial charge in [0.05, 0.1) is 5.92 Å². The summed E-state index contributed by atoms with van der Waals surface area (Å²) in [6, 6.07) is -0.338. The Morgan fingerprint density at radius 3 is 2.65 bits per heavy atom. The van der Waals surface area contributed by atoms with Crippen molar-refractivity contribution in [3.8, 4) is 0 Å². The van der Waals surface area contributed by atoms with Crippen LogP contribution in [0, 0.1) is 5.92 Å². The first-order valence-corrected chi connectivity index (χ1v) is 6.95. The van der Waals surface area contributed by atoms with Crippen molar-refractivity contribution < 1.29 is 14.7 Å². The number of aliphatic carboxylic acids is 1. The van der Waals surface area contributed by atoms with E-state index in [1.807, 2.05) is 13.8 Å². The summed E-state index contributed by atoms with van der Waals surface area (Å²) in [5, 5.41) is 18.5. The van der Waals surface area contributed by atoms with E-state index in [2.05, 4.69) is 20.5 Å². The largest absolute Gasteiger partial charge is 0.481 e. The van der Waals surface area contributed by atoms with E-state index in [-0.39, 0.29) is 17.8 Å². The van der Waals surface area contributed by atoms with Gasteiger partial charge >= 0.3 is 5.97 Å². The number of aromatic amines is 1. The predicted molar refractivity (Wildman–Crippen MR) is 71.3 cm³/mol. The standard InChI is InChI=1S/C13H20N4O3/c1-7(2)10-15-11(17-16-10)12(18)14-9-6-4-3-5-8(9)13(19)20/h7-9H,3-6H2,1-2H3,(H,14,18)(H,19,20)(H,15,16,17). The molecule has 0 saturated heterocycles. The van der Waals surface area contributed by atoms with Crippen LogP contribution in [0.1, 0.15) is 61.9 Å². The highest BCUT2D eigenvalue weighted by Gasteiger charge is 2.32. The Morgan fingerprint density at radius 1 is 1.35 bits per heavy atom. The molecule has 0 radical (unpaired) electrons. The Morgan fingerprint density at radius 2 is 2.05 bits per heavy atom. The lowest BCUT2D eigenvalue weighted by molar-refractivity contribution is -0.143. The quantitative estimate of drug-likeness (QED) is 0.770. The smallest absolute Gasteiger partial charge is 0.308 e. The second-order valence-corrected chi connectivity index (χ2v) is 5.51. The summed E-state index contributed by atoms with van der Waals surface area (Å²) < 4.78 is 0. The molecular weight excluding hydrogens is 260 g/mol. The van der Waals surface area contributed by atoms with Crippen molar-refractivity contribution in [1.29, 1.82) is 0 Å². The molecule has 2 rings (SSSR count). The Hall–Kier alpha value is -1.92. The molecule has 0 aliphatic heterocycles. The number of nitrogens with one attached hydrogen (secondary N) is 2. The molecular formula is C13H20N4O3. The van der Waals surface area contributed by atoms with Gasteiger partial charge in [0.15, 0.2) is 0 Å². The van der Waals surface area contributed by atoms with Gasteiger partial charge in [-0.15, -0.1) is 5.10 Å². The van der Waals surface area contributed by atoms with Crippen molar-refractivity contribution in [2.24, 2.45) is 5.92 Å². The molecule has 7 nitrogen and oxygen atoms in total. The normalized spacial score (nSPS) is 22.8. The zero-order chi connectivity index (χ0) is 14.7. The third-order valence-corrected chi connectivity index (χ3v) is 3.65. The van der Waals surface area contributed by atoms with E-state index in [0.717, 1.165) is 12.8 Å². The molecule has 20 heavy (non-hydrogen) atoms. The average molecular weight is 280 g/mol. The average Bonchev–Trinajstić information content (AvgIpc) is 2.89. The Balaban J connectivity index is 2.03. The SMILES string of the molecule is CC(C)c1nc(C(=O)NC2CCCCC2C(=O)O)n[nH]1. The molecule has 3 N–H and O–H groups in total. The number of hydrogen-bond donors (Lipinski definition) is 3. The number of hydrogen-bond acceptors (Lipinski definition) is 4. The van der Waals surface area contributed by atoms with Gasteiger partial charge in [-0.2, -0.15) is 0 Å². The van der Waals surface area contributed by atoms with Crippen molar-refractivity contribution >= 4 is 11.9 Å². The van der Waals surface area contributed by atoms with Gasteiger partial charge in [0.1, 0.15) is 5.82 Å². The first-order valence-electron chi connectivity index (χ1n) is 6.95. The molecule has 0 bridgehead atoms. The minimum absolute atomic E-state index is 0.0726. The number of amides is 1. The second kappa shape index (κ2) is 6.02. The molecule has 0 aromatic carbocycles. The fourth-order valence-corrected chi connectivity index (χ4v) is 2.47. The summed E-state index contributed by atoms with van der Waals surface area (Å²) in [5.41, 5.74) is 0. The maximum Gasteiger partial charge on any atom is 0.308 e. The highest BCUT2D eigenvalue weighted by atomic mass is 16.4. The molecule has 1 fully saturated rings. The van der Waals surface area contributed by atoms with E-state index in [1.165, 1.54) is 0 Å². The third-order valence-electron chi connectivity index (χ3n) is 3.65. The van der Waals surface area contributed by atoms with E-state index < -0.39 is 17.8 Å². The lowest BCUT2D eigenvalue weighted by Gasteiger charge is -2.28. The van der Waals surface area contributed by atoms with E-state index in [0.29, 0.717) is 18.7 Å². The van der Waals surface area contributed by atoms with Crippen LogP contribution in [-0.4, -0.2) is 38.2 Å². The Bertz CT molecular complexity index is 498. The molecule has 1 aromatic heterocycles. The molecule has 1 heterocycles. The first-order chi connectivity index (χ1) is 9.49. The number of carbonyl (C=O) groups is 2. The van der Waals surface area contributed by atoms with Crippen LogP contribution in [0.25, 0.3) is 0 Å². The monoisotopic (exact) mass is 280 g/mol. The summed E-state index contributed by atoms with van der Waals surface area (Å²) in [6.45, 7) is 3.90. The molecule has 1 aliphatic rings. The van der Waals surface area contributed by atoms with Gasteiger partial charge in [-0.05, 0) is 12.8 Å². The summed E-state index contributed by atoms with van der Waals surface area (Å²) in [6.07, 6.45) is 3.11. The molecule has 0 spiro atoms. The maximum atomic E-state index is 12.1. The van der Waals surface area contributed by atoms with E-state index in [4.69, 9.17) is 0 Å². The van der Waals surface area contributed by atoms with Crippen LogP contribution in [0.3, 0.4) is 0 Å². The van der Waals surface area contributed by atoms with Crippen LogP contribution in [0.15, 0.2) is 0 Å². The number of carboxylic acid groups (broad SMARTS) is 1. The van der Waals surface area contributed by atoms with E-state index in [9.17, 15) is 14.7 Å². The lowest BCUT2D eigenvalue weighted by Crippen LogP contribution is -2.45. The van der Waals surface area contributed by atoms with Gasteiger partial charge in [0.25, 0.3) is 5.91 Å². The van der Waals surface area contributed by atoms with Gasteiger partial charge in [-0.3, -0.25) is 14.7 Å². The van der Waals surface area contributed by atoms with Crippen LogP contribution in [0.2, 0.25) is 0 Å². The van der Waals surface area contributed by atoms with Crippen LogP contribution in [0.5, 0.6) is 0 Å². The van der Waals surface area contributed by atoms with Gasteiger partial charge < -0.3 is 10.4 Å². The fraction of sp³-hybridized carbons (Fsp3) is 0.692. The summed E-state index contributed by atoms with van der Waals surface area (Å²) in [4.78, 5) is 27.4. The van der Waals surface area contributed by atoms with Crippen LogP contribution in [-0.2, 0) is 4.79 Å². The summed E-state index contributed by atoms with van der Waals surface area (Å²) >= 11 is 0. The maximum absolute atomic E-state index is 12.1. The minimum Gasteiger partial charge on any atom is -0.481 e. The number of rotatable bonds is 4. The van der Waals surface area contributed by atoms with Gasteiger partial charge in [-0.1, -0.05) is 26.7 Å². The molecule has 2 atom stereocenters. The van der Waals surface area contributed by atoms with Crippen molar-refractivity contribution in [2.45, 2.75) is 51.5 Å². The summed E-state index contributed by atoms with van der Waals surface area (Å²) in [7, 11) is 0. The second-order valence-electron chi connectivity index (χ2n) is 5.51. The molecule has 7 heteroatoms. The number of carbonyl (C=O) groups excluding carboxylic acids is 1. The molecule has 1 amide bonds. The third kappa shape index (κ3) is 3.15. The van der Waals surface area contributed by atoms with Gasteiger partial charge in [0.2, 0.25) is 5.82 Å². The van der Waals surface area contributed by atoms with Crippen LogP contribution in [0.4, 0.5) is 0 Å². The van der Waals surface area contributed by atoms with E-state index >= 15 is 0 Å². The summed E-state index contributed by atoms with van der Waals surface area (Å²) in [5.74, 6) is -0.905. The molecule has 1 saturated carbocycles. The molecule has 110 valence electrons. The number of aromatic nitrogens is 3. The predicted octanol–water partition coefficient (Wildman–Crippen LogP) is 1.30. The zero-order valence-electron chi connectivity index (χ0n) is 11.7. The van der Waals surface area contributed by atoms with Crippen molar-refractivity contribution in [3.05, 3.63) is 11.6 Å². The van der Waals surface area contributed by atoms with Crippen molar-refractivity contribution in [2.75, 3.05) is 0 Å². The lowest BCUT2D eigenvalue weighted by atomic mass is 9.84. The van der Waals surface area contributed by atoms with Crippen molar-refractivity contribution in [3.63, 3.8) is 0 Å². The topological polar surface area (TPSA) is 108 Å². The minimum atomic E-state index is -0.854. The van der Waals surface area contributed by atoms with Crippen LogP contribution < -0.4 is 5.32 Å². The highest BCUT2D eigenvalue weighted by molar-refractivity contribution is 5.91. The fourth-order valence-electron chi connectivity index (χ4n) is 2.47. The van der Waals surface area contributed by atoms with Gasteiger partial charge in [-0.25, -0.2) is 4.98 Å². The molecule has 2 unspecified atom stereocenters. The Labute approximate surface area is 117 Å². The number of carboxylic acids is 1. The van der Waals surface area contributed by atoms with Gasteiger partial charge in [0, 0.05) is 12.0 Å². The number of nitrogens with zero attached hydrogens (tertiary/aromatic N) is 2. The highest BCUT2D eigenvalue weighted by Crippen LogP contribution is 2.24. The Kier molecular flexibility index (Phi) is 4.36. The number of H-pyrrole nitrogens is 1. The van der Waals surface area contributed by atoms with Crippen LogP contribution >= 0.6 is 0 Å². The first kappa shape index (κ1) is 14.5.